The predicted molar refractivity (Wildman–Crippen MR) is 97.0 cm³/mol. The molecule has 2 rings (SSSR count). The van der Waals surface area contributed by atoms with Crippen LogP contribution in [0.2, 0.25) is 0 Å². The molecule has 1 aliphatic rings. The van der Waals surface area contributed by atoms with Crippen LogP contribution in [0.15, 0.2) is 18.2 Å². The monoisotopic (exact) mass is 318 g/mol. The first-order valence-electron chi connectivity index (χ1n) is 8.43. The average Bonchev–Trinajstić information content (AvgIpc) is 2.52. The summed E-state index contributed by atoms with van der Waals surface area (Å²) < 4.78 is 0. The average molecular weight is 318 g/mol. The fourth-order valence-electron chi connectivity index (χ4n) is 2.91. The number of nitrogen functional groups attached to an aromatic ring is 1. The second-order valence-electron chi connectivity index (χ2n) is 6.98. The van der Waals surface area contributed by atoms with Crippen molar-refractivity contribution in [2.75, 3.05) is 58.0 Å². The lowest BCUT2D eigenvalue weighted by Gasteiger charge is -2.34. The third-order valence-electron chi connectivity index (χ3n) is 4.60. The molecule has 1 amide bonds. The molecule has 1 saturated heterocycles. The molecule has 0 spiro atoms. The number of amides is 1. The second-order valence-corrected chi connectivity index (χ2v) is 6.98. The van der Waals surface area contributed by atoms with Gasteiger partial charge in [-0.05, 0) is 51.1 Å². The van der Waals surface area contributed by atoms with Crippen LogP contribution in [-0.4, -0.2) is 63.0 Å². The molecule has 0 radical (unpaired) electrons. The minimum Gasteiger partial charge on any atom is -0.399 e. The van der Waals surface area contributed by atoms with Crippen molar-refractivity contribution < 1.29 is 4.79 Å². The molecule has 2 N–H and O–H groups in total. The fraction of sp³-hybridized carbons (Fsp3) is 0.611. The van der Waals surface area contributed by atoms with Gasteiger partial charge in [0.25, 0.3) is 5.91 Å². The summed E-state index contributed by atoms with van der Waals surface area (Å²) in [4.78, 5) is 19.1. The smallest absolute Gasteiger partial charge is 0.255 e. The molecule has 0 aromatic heterocycles. The van der Waals surface area contributed by atoms with Crippen molar-refractivity contribution in [1.29, 1.82) is 0 Å². The van der Waals surface area contributed by atoms with Crippen molar-refractivity contribution in [3.63, 3.8) is 0 Å². The van der Waals surface area contributed by atoms with Gasteiger partial charge in [0.05, 0.1) is 5.56 Å². The number of benzene rings is 1. The summed E-state index contributed by atoms with van der Waals surface area (Å²) in [5, 5.41) is 0. The molecule has 0 unspecified atom stereocenters. The van der Waals surface area contributed by atoms with Crippen LogP contribution < -0.4 is 10.6 Å². The van der Waals surface area contributed by atoms with Crippen molar-refractivity contribution >= 4 is 17.3 Å². The van der Waals surface area contributed by atoms with E-state index < -0.39 is 0 Å². The van der Waals surface area contributed by atoms with Crippen LogP contribution in [-0.2, 0) is 0 Å². The molecule has 1 aromatic rings. The molecule has 0 saturated carbocycles. The zero-order valence-corrected chi connectivity index (χ0v) is 14.9. The van der Waals surface area contributed by atoms with Gasteiger partial charge in [0.15, 0.2) is 0 Å². The molecule has 0 bridgehead atoms. The van der Waals surface area contributed by atoms with Gasteiger partial charge in [0.2, 0.25) is 0 Å². The Morgan fingerprint density at radius 2 is 1.87 bits per heavy atom. The number of carbonyl (C=O) groups excluding carboxylic acids is 1. The molecule has 1 fully saturated rings. The van der Waals surface area contributed by atoms with Gasteiger partial charge in [0, 0.05) is 44.6 Å². The Hall–Kier alpha value is -1.75. The summed E-state index contributed by atoms with van der Waals surface area (Å²) >= 11 is 0. The van der Waals surface area contributed by atoms with E-state index in [2.05, 4.69) is 16.7 Å². The van der Waals surface area contributed by atoms with E-state index in [1.165, 1.54) is 12.8 Å². The lowest BCUT2D eigenvalue weighted by atomic mass is 9.97. The molecule has 1 heterocycles. The van der Waals surface area contributed by atoms with E-state index in [4.69, 9.17) is 5.73 Å². The third kappa shape index (κ3) is 4.61. The summed E-state index contributed by atoms with van der Waals surface area (Å²) in [6.45, 7) is 5.86. The summed E-state index contributed by atoms with van der Waals surface area (Å²) in [6.07, 6.45) is 2.35. The van der Waals surface area contributed by atoms with Crippen LogP contribution in [0.3, 0.4) is 0 Å². The van der Waals surface area contributed by atoms with Crippen LogP contribution in [0.1, 0.15) is 30.1 Å². The molecule has 0 atom stereocenters. The van der Waals surface area contributed by atoms with E-state index >= 15 is 0 Å². The maximum Gasteiger partial charge on any atom is 0.255 e. The number of likely N-dealkylation sites (N-methyl/N-ethyl adjacent to an activating group) is 2. The molecule has 5 heteroatoms. The maximum absolute atomic E-state index is 12.9. The highest BCUT2D eigenvalue weighted by molar-refractivity contribution is 6.00. The molecular formula is C18H30N4O. The standard InChI is InChI=1S/C18H30N4O/c1-14-7-9-22(10-8-14)17-6-5-15(19)13-16(17)18(23)21(4)12-11-20(2)3/h5-6,13-14H,7-12,19H2,1-4H3. The minimum atomic E-state index is 0.0489. The Balaban J connectivity index is 2.19. The van der Waals surface area contributed by atoms with Gasteiger partial charge in [-0.25, -0.2) is 0 Å². The normalized spacial score (nSPS) is 16.0. The predicted octanol–water partition coefficient (Wildman–Crippen LogP) is 2.14. The van der Waals surface area contributed by atoms with Crippen molar-refractivity contribution in [2.45, 2.75) is 19.8 Å². The van der Waals surface area contributed by atoms with Crippen LogP contribution in [0.25, 0.3) is 0 Å². The van der Waals surface area contributed by atoms with E-state index in [9.17, 15) is 4.79 Å². The summed E-state index contributed by atoms with van der Waals surface area (Å²) in [5.41, 5.74) is 8.33. The zero-order valence-electron chi connectivity index (χ0n) is 14.9. The highest BCUT2D eigenvalue weighted by Crippen LogP contribution is 2.28. The number of piperidine rings is 1. The SMILES string of the molecule is CC1CCN(c2ccc(N)cc2C(=O)N(C)CCN(C)C)CC1. The first kappa shape index (κ1) is 17.6. The van der Waals surface area contributed by atoms with Gasteiger partial charge in [-0.1, -0.05) is 6.92 Å². The summed E-state index contributed by atoms with van der Waals surface area (Å²) in [7, 11) is 5.88. The Kier molecular flexibility index (Phi) is 5.88. The summed E-state index contributed by atoms with van der Waals surface area (Å²) in [5.74, 6) is 0.815. The number of rotatable bonds is 5. The topological polar surface area (TPSA) is 52.8 Å². The number of nitrogens with two attached hydrogens (primary N) is 1. The lowest BCUT2D eigenvalue weighted by molar-refractivity contribution is 0.0787. The highest BCUT2D eigenvalue weighted by Gasteiger charge is 2.23. The molecular weight excluding hydrogens is 288 g/mol. The zero-order chi connectivity index (χ0) is 17.0. The van der Waals surface area contributed by atoms with Gasteiger partial charge in [0.1, 0.15) is 0 Å². The largest absolute Gasteiger partial charge is 0.399 e. The fourth-order valence-corrected chi connectivity index (χ4v) is 2.91. The summed E-state index contributed by atoms with van der Waals surface area (Å²) in [6, 6.07) is 5.71. The Bertz CT molecular complexity index is 536. The van der Waals surface area contributed by atoms with Crippen molar-refractivity contribution in [3.05, 3.63) is 23.8 Å². The Morgan fingerprint density at radius 3 is 2.48 bits per heavy atom. The maximum atomic E-state index is 12.9. The van der Waals surface area contributed by atoms with E-state index in [-0.39, 0.29) is 5.91 Å². The number of nitrogens with zero attached hydrogens (tertiary/aromatic N) is 3. The molecule has 1 aromatic carbocycles. The second kappa shape index (κ2) is 7.68. The quantitative estimate of drug-likeness (QED) is 0.845. The Morgan fingerprint density at radius 1 is 1.22 bits per heavy atom. The van der Waals surface area contributed by atoms with Crippen LogP contribution in [0.5, 0.6) is 0 Å². The minimum absolute atomic E-state index is 0.0489. The highest BCUT2D eigenvalue weighted by atomic mass is 16.2. The first-order valence-corrected chi connectivity index (χ1v) is 8.43. The molecule has 0 aliphatic carbocycles. The number of anilines is 2. The van der Waals surface area contributed by atoms with Gasteiger partial charge in [-0.2, -0.15) is 0 Å². The van der Waals surface area contributed by atoms with Crippen LogP contribution in [0, 0.1) is 5.92 Å². The number of hydrogen-bond donors (Lipinski definition) is 1. The van der Waals surface area contributed by atoms with Crippen molar-refractivity contribution in [3.8, 4) is 0 Å². The van der Waals surface area contributed by atoms with Crippen LogP contribution >= 0.6 is 0 Å². The van der Waals surface area contributed by atoms with Crippen LogP contribution in [0.4, 0.5) is 11.4 Å². The lowest BCUT2D eigenvalue weighted by Crippen LogP contribution is -2.37. The van der Waals surface area contributed by atoms with E-state index in [1.54, 1.807) is 4.90 Å². The van der Waals surface area contributed by atoms with Gasteiger partial charge >= 0.3 is 0 Å². The first-order chi connectivity index (χ1) is 10.9. The third-order valence-corrected chi connectivity index (χ3v) is 4.60. The Labute approximate surface area is 140 Å². The molecule has 5 nitrogen and oxygen atoms in total. The molecule has 23 heavy (non-hydrogen) atoms. The van der Waals surface area contributed by atoms with E-state index in [0.29, 0.717) is 12.2 Å². The number of carbonyl (C=O) groups is 1. The van der Waals surface area contributed by atoms with Gasteiger partial charge in [-0.3, -0.25) is 4.79 Å². The van der Waals surface area contributed by atoms with Crippen molar-refractivity contribution in [2.24, 2.45) is 5.92 Å². The molecule has 1 aliphatic heterocycles. The van der Waals surface area contributed by atoms with E-state index in [0.717, 1.165) is 36.8 Å². The van der Waals surface area contributed by atoms with Gasteiger partial charge in [-0.15, -0.1) is 0 Å². The van der Waals surface area contributed by atoms with Gasteiger partial charge < -0.3 is 20.4 Å². The van der Waals surface area contributed by atoms with Crippen molar-refractivity contribution in [1.82, 2.24) is 9.80 Å². The molecule has 128 valence electrons. The number of hydrogen-bond acceptors (Lipinski definition) is 4. The van der Waals surface area contributed by atoms with E-state index in [1.807, 2.05) is 39.3 Å².